The Morgan fingerprint density at radius 3 is 2.30 bits per heavy atom. The van der Waals surface area contributed by atoms with Gasteiger partial charge in [-0.15, -0.1) is 0 Å². The third-order valence-electron chi connectivity index (χ3n) is 3.28. The average molecular weight is 262 g/mol. The van der Waals surface area contributed by atoms with E-state index in [4.69, 9.17) is 0 Å². The van der Waals surface area contributed by atoms with Crippen LogP contribution in [0.25, 0.3) is 22.3 Å². The van der Waals surface area contributed by atoms with Crippen LogP contribution < -0.4 is 5.56 Å². The van der Waals surface area contributed by atoms with E-state index in [0.29, 0.717) is 5.56 Å². The van der Waals surface area contributed by atoms with Gasteiger partial charge in [0.1, 0.15) is 0 Å². The molecule has 98 valence electrons. The van der Waals surface area contributed by atoms with Crippen molar-refractivity contribution in [1.29, 1.82) is 0 Å². The highest BCUT2D eigenvalue weighted by Crippen LogP contribution is 2.28. The molecule has 1 heterocycles. The van der Waals surface area contributed by atoms with Crippen molar-refractivity contribution in [3.8, 4) is 22.3 Å². The summed E-state index contributed by atoms with van der Waals surface area (Å²) in [5.74, 6) is 0. The molecular formula is C17H14N2O. The summed E-state index contributed by atoms with van der Waals surface area (Å²) in [5, 5.41) is 6.44. The maximum Gasteiger partial charge on any atom is 0.272 e. The number of H-pyrrole nitrogens is 1. The molecule has 3 rings (SSSR count). The molecule has 2 aromatic carbocycles. The Hall–Kier alpha value is -2.68. The molecule has 0 amide bonds. The second-order valence-corrected chi connectivity index (χ2v) is 4.72. The Kier molecular flexibility index (Phi) is 3.17. The van der Waals surface area contributed by atoms with Crippen molar-refractivity contribution in [3.63, 3.8) is 0 Å². The molecule has 20 heavy (non-hydrogen) atoms. The summed E-state index contributed by atoms with van der Waals surface area (Å²) in [5.41, 5.74) is 4.39. The molecule has 0 bridgehead atoms. The van der Waals surface area contributed by atoms with Crippen LogP contribution >= 0.6 is 0 Å². The molecule has 0 aliphatic rings. The summed E-state index contributed by atoms with van der Waals surface area (Å²) in [6, 6.07) is 17.8. The number of benzene rings is 2. The molecule has 0 atom stereocenters. The normalized spacial score (nSPS) is 10.4. The van der Waals surface area contributed by atoms with Gasteiger partial charge >= 0.3 is 0 Å². The fourth-order valence-electron chi connectivity index (χ4n) is 2.24. The maximum absolute atomic E-state index is 12.2. The third-order valence-corrected chi connectivity index (χ3v) is 3.28. The molecule has 0 aliphatic heterocycles. The maximum atomic E-state index is 12.2. The molecule has 3 heteroatoms. The second kappa shape index (κ2) is 5.13. The van der Waals surface area contributed by atoms with Gasteiger partial charge in [-0.2, -0.15) is 5.10 Å². The SMILES string of the molecule is Cc1ccc(-c2c(-c3ccccc3)cn[nH]c2=O)cc1. The van der Waals surface area contributed by atoms with Crippen LogP contribution in [-0.2, 0) is 0 Å². The molecule has 3 nitrogen and oxygen atoms in total. The van der Waals surface area contributed by atoms with E-state index in [1.807, 2.05) is 61.5 Å². The van der Waals surface area contributed by atoms with Crippen molar-refractivity contribution >= 4 is 0 Å². The first-order valence-corrected chi connectivity index (χ1v) is 6.46. The number of nitrogens with zero attached hydrogens (tertiary/aromatic N) is 1. The number of hydrogen-bond donors (Lipinski definition) is 1. The van der Waals surface area contributed by atoms with Crippen LogP contribution in [-0.4, -0.2) is 10.2 Å². The highest BCUT2D eigenvalue weighted by atomic mass is 16.1. The smallest absolute Gasteiger partial charge is 0.267 e. The standard InChI is InChI=1S/C17H14N2O/c1-12-7-9-14(10-8-12)16-15(11-18-19-17(16)20)13-5-3-2-4-6-13/h2-11H,1H3,(H,19,20). The molecule has 0 spiro atoms. The lowest BCUT2D eigenvalue weighted by atomic mass is 9.97. The van der Waals surface area contributed by atoms with Crippen LogP contribution in [0, 0.1) is 6.92 Å². The molecule has 0 aliphatic carbocycles. The van der Waals surface area contributed by atoms with Crippen molar-refractivity contribution in [1.82, 2.24) is 10.2 Å². The van der Waals surface area contributed by atoms with E-state index in [2.05, 4.69) is 10.2 Å². The topological polar surface area (TPSA) is 45.8 Å². The predicted octanol–water partition coefficient (Wildman–Crippen LogP) is 3.41. The van der Waals surface area contributed by atoms with Crippen LogP contribution in [0.5, 0.6) is 0 Å². The summed E-state index contributed by atoms with van der Waals surface area (Å²) in [6.07, 6.45) is 1.70. The van der Waals surface area contributed by atoms with Gasteiger partial charge < -0.3 is 0 Å². The van der Waals surface area contributed by atoms with Crippen LogP contribution in [0.2, 0.25) is 0 Å². The second-order valence-electron chi connectivity index (χ2n) is 4.72. The molecule has 1 N–H and O–H groups in total. The van der Waals surface area contributed by atoms with E-state index in [-0.39, 0.29) is 5.56 Å². The van der Waals surface area contributed by atoms with E-state index in [9.17, 15) is 4.79 Å². The van der Waals surface area contributed by atoms with Crippen molar-refractivity contribution in [2.45, 2.75) is 6.92 Å². The minimum atomic E-state index is -0.171. The van der Waals surface area contributed by atoms with Gasteiger partial charge in [0, 0.05) is 5.56 Å². The zero-order chi connectivity index (χ0) is 13.9. The van der Waals surface area contributed by atoms with Gasteiger partial charge in [-0.05, 0) is 18.1 Å². The van der Waals surface area contributed by atoms with Gasteiger partial charge in [-0.3, -0.25) is 4.79 Å². The predicted molar refractivity (Wildman–Crippen MR) is 80.5 cm³/mol. The van der Waals surface area contributed by atoms with Crippen molar-refractivity contribution in [2.75, 3.05) is 0 Å². The molecule has 0 unspecified atom stereocenters. The Morgan fingerprint density at radius 1 is 0.900 bits per heavy atom. The Labute approximate surface area is 116 Å². The van der Waals surface area contributed by atoms with Gasteiger partial charge in [0.05, 0.1) is 11.8 Å². The van der Waals surface area contributed by atoms with Crippen LogP contribution in [0.3, 0.4) is 0 Å². The summed E-state index contributed by atoms with van der Waals surface area (Å²) < 4.78 is 0. The van der Waals surface area contributed by atoms with E-state index < -0.39 is 0 Å². The Bertz CT molecular complexity index is 774. The Morgan fingerprint density at radius 2 is 1.60 bits per heavy atom. The van der Waals surface area contributed by atoms with Crippen molar-refractivity contribution in [2.24, 2.45) is 0 Å². The first-order chi connectivity index (χ1) is 9.75. The first-order valence-electron chi connectivity index (χ1n) is 6.46. The fourth-order valence-corrected chi connectivity index (χ4v) is 2.24. The molecule has 0 radical (unpaired) electrons. The van der Waals surface area contributed by atoms with Gasteiger partial charge in [-0.1, -0.05) is 60.2 Å². The zero-order valence-electron chi connectivity index (χ0n) is 11.1. The molecule has 3 aromatic rings. The number of rotatable bonds is 2. The fraction of sp³-hybridized carbons (Fsp3) is 0.0588. The van der Waals surface area contributed by atoms with Crippen LogP contribution in [0.1, 0.15) is 5.56 Å². The molecular weight excluding hydrogens is 248 g/mol. The monoisotopic (exact) mass is 262 g/mol. The molecule has 0 saturated heterocycles. The largest absolute Gasteiger partial charge is 0.272 e. The zero-order valence-corrected chi connectivity index (χ0v) is 11.1. The number of aromatic nitrogens is 2. The van der Waals surface area contributed by atoms with Crippen molar-refractivity contribution in [3.05, 3.63) is 76.7 Å². The lowest BCUT2D eigenvalue weighted by molar-refractivity contribution is 0.993. The molecule has 0 fully saturated rings. The minimum Gasteiger partial charge on any atom is -0.267 e. The summed E-state index contributed by atoms with van der Waals surface area (Å²) in [4.78, 5) is 12.2. The highest BCUT2D eigenvalue weighted by molar-refractivity contribution is 5.82. The minimum absolute atomic E-state index is 0.171. The van der Waals surface area contributed by atoms with Crippen molar-refractivity contribution < 1.29 is 0 Å². The van der Waals surface area contributed by atoms with Gasteiger partial charge in [-0.25, -0.2) is 5.10 Å². The number of aryl methyl sites for hydroxylation is 1. The highest BCUT2D eigenvalue weighted by Gasteiger charge is 2.11. The van der Waals surface area contributed by atoms with E-state index in [1.165, 1.54) is 5.56 Å². The van der Waals surface area contributed by atoms with Gasteiger partial charge in [0.25, 0.3) is 5.56 Å². The quantitative estimate of drug-likeness (QED) is 0.769. The molecule has 1 aromatic heterocycles. The summed E-state index contributed by atoms with van der Waals surface area (Å²) in [6.45, 7) is 2.03. The Balaban J connectivity index is 2.25. The van der Waals surface area contributed by atoms with Gasteiger partial charge in [0.15, 0.2) is 0 Å². The summed E-state index contributed by atoms with van der Waals surface area (Å²) in [7, 11) is 0. The summed E-state index contributed by atoms with van der Waals surface area (Å²) >= 11 is 0. The van der Waals surface area contributed by atoms with E-state index in [0.717, 1.165) is 16.7 Å². The third kappa shape index (κ3) is 2.26. The number of aromatic amines is 1. The van der Waals surface area contributed by atoms with Gasteiger partial charge in [0.2, 0.25) is 0 Å². The van der Waals surface area contributed by atoms with Crippen LogP contribution in [0.4, 0.5) is 0 Å². The lowest BCUT2D eigenvalue weighted by Gasteiger charge is -2.08. The lowest BCUT2D eigenvalue weighted by Crippen LogP contribution is -2.11. The van der Waals surface area contributed by atoms with E-state index >= 15 is 0 Å². The van der Waals surface area contributed by atoms with Crippen LogP contribution in [0.15, 0.2) is 65.6 Å². The first kappa shape index (κ1) is 12.4. The number of hydrogen-bond acceptors (Lipinski definition) is 2. The van der Waals surface area contributed by atoms with E-state index in [1.54, 1.807) is 6.20 Å². The molecule has 0 saturated carbocycles. The number of nitrogens with one attached hydrogen (secondary N) is 1. The average Bonchev–Trinajstić information content (AvgIpc) is 2.49.